The summed E-state index contributed by atoms with van der Waals surface area (Å²) >= 11 is 0. The highest BCUT2D eigenvalue weighted by Crippen LogP contribution is 2.06. The highest BCUT2D eigenvalue weighted by molar-refractivity contribution is 6.50. The van der Waals surface area contributed by atoms with Gasteiger partial charge in [0.1, 0.15) is 0 Å². The first kappa shape index (κ1) is 20.1. The molecular formula is C12H28BF4N. The average molecular weight is 273 g/mol. The highest BCUT2D eigenvalue weighted by atomic mass is 19.5. The second-order valence-electron chi connectivity index (χ2n) is 4.47. The molecule has 112 valence electrons. The summed E-state index contributed by atoms with van der Waals surface area (Å²) < 4.78 is 39.0. The van der Waals surface area contributed by atoms with E-state index in [2.05, 4.69) is 20.8 Å². The first-order valence-corrected chi connectivity index (χ1v) is 7.05. The van der Waals surface area contributed by atoms with Gasteiger partial charge in [-0.05, 0) is 26.7 Å². The van der Waals surface area contributed by atoms with Crippen molar-refractivity contribution in [2.75, 3.05) is 19.6 Å². The van der Waals surface area contributed by atoms with E-state index in [0.717, 1.165) is 0 Å². The summed E-state index contributed by atoms with van der Waals surface area (Å²) in [7, 11) is -6.00. The van der Waals surface area contributed by atoms with E-state index in [4.69, 9.17) is 0 Å². The third-order valence-corrected chi connectivity index (χ3v) is 2.88. The summed E-state index contributed by atoms with van der Waals surface area (Å²) in [6.45, 7) is 10.8. The average Bonchev–Trinajstić information content (AvgIpc) is 2.26. The number of rotatable bonds is 9. The van der Waals surface area contributed by atoms with Crippen LogP contribution in [0.1, 0.15) is 59.3 Å². The van der Waals surface area contributed by atoms with Gasteiger partial charge in [-0.2, -0.15) is 0 Å². The lowest BCUT2D eigenvalue weighted by Crippen LogP contribution is -3.11. The quantitative estimate of drug-likeness (QED) is 0.372. The summed E-state index contributed by atoms with van der Waals surface area (Å²) in [5.41, 5.74) is 0. The molecule has 18 heavy (non-hydrogen) atoms. The van der Waals surface area contributed by atoms with Crippen molar-refractivity contribution in [3.63, 3.8) is 0 Å². The van der Waals surface area contributed by atoms with E-state index in [1.807, 2.05) is 0 Å². The molecule has 0 aromatic carbocycles. The molecule has 0 saturated carbocycles. The van der Waals surface area contributed by atoms with E-state index in [-0.39, 0.29) is 0 Å². The number of quaternary nitrogens is 1. The Hall–Kier alpha value is -0.255. The van der Waals surface area contributed by atoms with E-state index in [1.54, 1.807) is 4.90 Å². The molecule has 0 rings (SSSR count). The molecule has 0 radical (unpaired) electrons. The minimum atomic E-state index is -6.00. The zero-order valence-corrected chi connectivity index (χ0v) is 12.0. The third kappa shape index (κ3) is 24.8. The van der Waals surface area contributed by atoms with Crippen LogP contribution in [0.5, 0.6) is 0 Å². The van der Waals surface area contributed by atoms with E-state index in [9.17, 15) is 17.3 Å². The largest absolute Gasteiger partial charge is 0.673 e. The monoisotopic (exact) mass is 273 g/mol. The van der Waals surface area contributed by atoms with Gasteiger partial charge in [-0.1, -0.05) is 32.6 Å². The second-order valence-corrected chi connectivity index (χ2v) is 4.47. The lowest BCUT2D eigenvalue weighted by atomic mass is 10.1. The lowest BCUT2D eigenvalue weighted by molar-refractivity contribution is -0.896. The fourth-order valence-electron chi connectivity index (χ4n) is 1.76. The molecule has 0 atom stereocenters. The normalized spacial score (nSPS) is 11.3. The molecule has 6 heteroatoms. The Bertz CT molecular complexity index is 155. The summed E-state index contributed by atoms with van der Waals surface area (Å²) in [5, 5.41) is 0. The van der Waals surface area contributed by atoms with Gasteiger partial charge in [-0.3, -0.25) is 0 Å². The van der Waals surface area contributed by atoms with Crippen LogP contribution < -0.4 is 4.90 Å². The van der Waals surface area contributed by atoms with E-state index in [1.165, 1.54) is 58.2 Å². The van der Waals surface area contributed by atoms with Gasteiger partial charge in [0.15, 0.2) is 0 Å². The predicted octanol–water partition coefficient (Wildman–Crippen LogP) is 3.57. The molecule has 0 aliphatic carbocycles. The molecule has 0 spiro atoms. The van der Waals surface area contributed by atoms with E-state index < -0.39 is 7.25 Å². The molecular weight excluding hydrogens is 245 g/mol. The van der Waals surface area contributed by atoms with Crippen LogP contribution in [0.15, 0.2) is 0 Å². The maximum absolute atomic E-state index is 9.75. The first-order chi connectivity index (χ1) is 8.35. The fraction of sp³-hybridized carbons (Fsp3) is 1.00. The van der Waals surface area contributed by atoms with Crippen molar-refractivity contribution in [1.82, 2.24) is 0 Å². The Morgan fingerprint density at radius 2 is 1.11 bits per heavy atom. The van der Waals surface area contributed by atoms with Crippen LogP contribution >= 0.6 is 0 Å². The smallest absolute Gasteiger partial charge is 0.418 e. The van der Waals surface area contributed by atoms with Gasteiger partial charge < -0.3 is 22.2 Å². The van der Waals surface area contributed by atoms with Crippen LogP contribution in [0.4, 0.5) is 17.3 Å². The number of halogens is 4. The number of unbranched alkanes of at least 4 members (excludes halogenated alkanes) is 5. The molecule has 1 N–H and O–H groups in total. The number of hydrogen-bond donors (Lipinski definition) is 1. The summed E-state index contributed by atoms with van der Waals surface area (Å²) in [6.07, 6.45) is 8.57. The zero-order chi connectivity index (χ0) is 14.4. The fourth-order valence-corrected chi connectivity index (χ4v) is 1.76. The molecule has 0 saturated heterocycles. The van der Waals surface area contributed by atoms with E-state index >= 15 is 0 Å². The maximum atomic E-state index is 9.75. The first-order valence-electron chi connectivity index (χ1n) is 7.05. The van der Waals surface area contributed by atoms with Crippen molar-refractivity contribution in [2.45, 2.75) is 59.3 Å². The van der Waals surface area contributed by atoms with Crippen molar-refractivity contribution >= 4 is 7.25 Å². The maximum Gasteiger partial charge on any atom is 0.673 e. The molecule has 0 aliphatic rings. The summed E-state index contributed by atoms with van der Waals surface area (Å²) in [4.78, 5) is 1.76. The van der Waals surface area contributed by atoms with Gasteiger partial charge in [-0.15, -0.1) is 0 Å². The predicted molar refractivity (Wildman–Crippen MR) is 70.5 cm³/mol. The van der Waals surface area contributed by atoms with Crippen LogP contribution in [0, 0.1) is 0 Å². The highest BCUT2D eigenvalue weighted by Gasteiger charge is 2.20. The topological polar surface area (TPSA) is 4.44 Å². The molecule has 0 fully saturated rings. The SMILES string of the molecule is CCCCCCCC[NH+](CC)CC.F[B-](F)(F)F. The molecule has 0 unspecified atom stereocenters. The van der Waals surface area contributed by atoms with Crippen LogP contribution in [-0.4, -0.2) is 26.9 Å². The van der Waals surface area contributed by atoms with E-state index in [0.29, 0.717) is 0 Å². The Balaban J connectivity index is 0. The molecule has 0 heterocycles. The van der Waals surface area contributed by atoms with Crippen LogP contribution in [0.25, 0.3) is 0 Å². The van der Waals surface area contributed by atoms with Crippen molar-refractivity contribution < 1.29 is 22.2 Å². The summed E-state index contributed by atoms with van der Waals surface area (Å²) in [6, 6.07) is 0. The third-order valence-electron chi connectivity index (χ3n) is 2.88. The molecule has 0 amide bonds. The summed E-state index contributed by atoms with van der Waals surface area (Å²) in [5.74, 6) is 0. The Morgan fingerprint density at radius 3 is 1.50 bits per heavy atom. The van der Waals surface area contributed by atoms with Gasteiger partial charge in [0.2, 0.25) is 0 Å². The van der Waals surface area contributed by atoms with Crippen molar-refractivity contribution in [3.05, 3.63) is 0 Å². The molecule has 0 aromatic heterocycles. The Kier molecular flexibility index (Phi) is 14.7. The standard InChI is InChI=1S/C12H27N.BF4/c1-4-7-8-9-10-11-12-13(5-2)6-3;2-1(3,4)5/h4-12H2,1-3H3;/q;-1/p+1. The van der Waals surface area contributed by atoms with Crippen LogP contribution in [0.3, 0.4) is 0 Å². The van der Waals surface area contributed by atoms with Gasteiger partial charge in [-0.25, -0.2) is 0 Å². The minimum Gasteiger partial charge on any atom is -0.418 e. The second kappa shape index (κ2) is 13.2. The van der Waals surface area contributed by atoms with Crippen LogP contribution in [0.2, 0.25) is 0 Å². The van der Waals surface area contributed by atoms with Crippen molar-refractivity contribution in [1.29, 1.82) is 0 Å². The van der Waals surface area contributed by atoms with Crippen LogP contribution in [-0.2, 0) is 0 Å². The Labute approximate surface area is 109 Å². The Morgan fingerprint density at radius 1 is 0.722 bits per heavy atom. The zero-order valence-electron chi connectivity index (χ0n) is 12.0. The van der Waals surface area contributed by atoms with Gasteiger partial charge in [0.05, 0.1) is 19.6 Å². The van der Waals surface area contributed by atoms with Gasteiger partial charge in [0, 0.05) is 0 Å². The molecule has 0 bridgehead atoms. The van der Waals surface area contributed by atoms with Crippen molar-refractivity contribution in [2.24, 2.45) is 0 Å². The molecule has 1 nitrogen and oxygen atoms in total. The minimum absolute atomic E-state index is 1.30. The number of nitrogens with one attached hydrogen (secondary N) is 1. The molecule has 0 aromatic rings. The molecule has 0 aliphatic heterocycles. The van der Waals surface area contributed by atoms with Gasteiger partial charge >= 0.3 is 7.25 Å². The van der Waals surface area contributed by atoms with Gasteiger partial charge in [0.25, 0.3) is 0 Å². The lowest BCUT2D eigenvalue weighted by Gasteiger charge is -2.14. The van der Waals surface area contributed by atoms with Crippen molar-refractivity contribution in [3.8, 4) is 0 Å². The number of hydrogen-bond acceptors (Lipinski definition) is 0.